The molecule has 2 rings (SSSR count). The Kier molecular flexibility index (Phi) is 4.81. The van der Waals surface area contributed by atoms with Gasteiger partial charge >= 0.3 is 0 Å². The summed E-state index contributed by atoms with van der Waals surface area (Å²) in [4.78, 5) is 0. The molecule has 0 aliphatic rings. The molecule has 0 amide bonds. The normalized spacial score (nSPS) is 12.4. The molecule has 0 aromatic heterocycles. The van der Waals surface area contributed by atoms with Gasteiger partial charge in [0.25, 0.3) is 0 Å². The molecule has 4 heteroatoms. The molecule has 0 fully saturated rings. The van der Waals surface area contributed by atoms with Crippen molar-refractivity contribution >= 4 is 23.2 Å². The highest BCUT2D eigenvalue weighted by molar-refractivity contribution is 6.36. The van der Waals surface area contributed by atoms with Crippen LogP contribution in [0.1, 0.15) is 17.0 Å². The van der Waals surface area contributed by atoms with Gasteiger partial charge < -0.3 is 5.73 Å². The number of nitrogens with two attached hydrogens (primary N) is 1. The number of benzene rings is 2. The quantitative estimate of drug-likeness (QED) is 0.888. The van der Waals surface area contributed by atoms with E-state index in [0.29, 0.717) is 23.0 Å². The van der Waals surface area contributed by atoms with Crippen molar-refractivity contribution in [3.05, 3.63) is 69.5 Å². The molecule has 100 valence electrons. The molecule has 0 radical (unpaired) electrons. The van der Waals surface area contributed by atoms with E-state index in [1.54, 1.807) is 24.3 Å². The van der Waals surface area contributed by atoms with Crippen LogP contribution in [-0.4, -0.2) is 6.54 Å². The molecule has 0 bridgehead atoms. The topological polar surface area (TPSA) is 26.0 Å². The van der Waals surface area contributed by atoms with Crippen molar-refractivity contribution in [2.75, 3.05) is 6.54 Å². The fraction of sp³-hybridized carbons (Fsp3) is 0.200. The van der Waals surface area contributed by atoms with E-state index in [1.165, 1.54) is 12.1 Å². The highest BCUT2D eigenvalue weighted by atomic mass is 35.5. The minimum atomic E-state index is -0.263. The minimum Gasteiger partial charge on any atom is -0.330 e. The van der Waals surface area contributed by atoms with E-state index >= 15 is 0 Å². The van der Waals surface area contributed by atoms with Crippen molar-refractivity contribution < 1.29 is 4.39 Å². The lowest BCUT2D eigenvalue weighted by Gasteiger charge is -2.17. The molecule has 0 aliphatic heterocycles. The summed E-state index contributed by atoms with van der Waals surface area (Å²) in [7, 11) is 0. The van der Waals surface area contributed by atoms with Crippen LogP contribution < -0.4 is 5.73 Å². The maximum Gasteiger partial charge on any atom is 0.123 e. The largest absolute Gasteiger partial charge is 0.330 e. The Hall–Kier alpha value is -1.09. The Labute approximate surface area is 122 Å². The lowest BCUT2D eigenvalue weighted by molar-refractivity contribution is 0.616. The number of hydrogen-bond donors (Lipinski definition) is 1. The summed E-state index contributed by atoms with van der Waals surface area (Å²) in [6, 6.07) is 11.9. The Bertz CT molecular complexity index is 552. The molecule has 0 heterocycles. The van der Waals surface area contributed by atoms with E-state index in [-0.39, 0.29) is 11.7 Å². The van der Waals surface area contributed by atoms with Crippen LogP contribution in [0.3, 0.4) is 0 Å². The molecule has 0 saturated carbocycles. The summed E-state index contributed by atoms with van der Waals surface area (Å²) >= 11 is 12.3. The van der Waals surface area contributed by atoms with Gasteiger partial charge in [-0.25, -0.2) is 4.39 Å². The highest BCUT2D eigenvalue weighted by Crippen LogP contribution is 2.30. The van der Waals surface area contributed by atoms with Crippen LogP contribution in [0.25, 0.3) is 0 Å². The standard InChI is InChI=1S/C15H14Cl2FN/c16-14-5-2-6-15(17)13(14)8-11(9-19)10-3-1-4-12(18)7-10/h1-7,11H,8-9,19H2. The molecular weight excluding hydrogens is 284 g/mol. The Morgan fingerprint density at radius 3 is 2.26 bits per heavy atom. The smallest absolute Gasteiger partial charge is 0.123 e. The van der Waals surface area contributed by atoms with E-state index < -0.39 is 0 Å². The van der Waals surface area contributed by atoms with Gasteiger partial charge in [0.05, 0.1) is 0 Å². The second-order valence-corrected chi connectivity index (χ2v) is 5.21. The van der Waals surface area contributed by atoms with E-state index in [9.17, 15) is 4.39 Å². The third-order valence-electron chi connectivity index (χ3n) is 3.12. The van der Waals surface area contributed by atoms with Gasteiger partial charge in [-0.3, -0.25) is 0 Å². The van der Waals surface area contributed by atoms with Gasteiger partial charge in [0, 0.05) is 16.0 Å². The van der Waals surface area contributed by atoms with E-state index in [1.807, 2.05) is 6.07 Å². The molecule has 2 N–H and O–H groups in total. The van der Waals surface area contributed by atoms with Crippen LogP contribution in [0.5, 0.6) is 0 Å². The van der Waals surface area contributed by atoms with Crippen LogP contribution in [0.2, 0.25) is 10.0 Å². The van der Waals surface area contributed by atoms with Gasteiger partial charge in [-0.2, -0.15) is 0 Å². The monoisotopic (exact) mass is 297 g/mol. The predicted molar refractivity (Wildman–Crippen MR) is 78.4 cm³/mol. The molecule has 0 spiro atoms. The van der Waals surface area contributed by atoms with Gasteiger partial charge in [0.2, 0.25) is 0 Å². The van der Waals surface area contributed by atoms with Crippen molar-refractivity contribution in [3.8, 4) is 0 Å². The van der Waals surface area contributed by atoms with E-state index in [4.69, 9.17) is 28.9 Å². The highest BCUT2D eigenvalue weighted by Gasteiger charge is 2.15. The number of rotatable bonds is 4. The maximum absolute atomic E-state index is 13.3. The van der Waals surface area contributed by atoms with Gasteiger partial charge in [-0.15, -0.1) is 0 Å². The lowest BCUT2D eigenvalue weighted by Crippen LogP contribution is -2.15. The zero-order chi connectivity index (χ0) is 13.8. The molecule has 1 unspecified atom stereocenters. The van der Waals surface area contributed by atoms with Crippen LogP contribution in [-0.2, 0) is 6.42 Å². The first-order valence-corrected chi connectivity index (χ1v) is 6.76. The van der Waals surface area contributed by atoms with E-state index in [0.717, 1.165) is 11.1 Å². The minimum absolute atomic E-state index is 0.00639. The summed E-state index contributed by atoms with van der Waals surface area (Å²) in [5.41, 5.74) is 7.51. The third kappa shape index (κ3) is 3.47. The second kappa shape index (κ2) is 6.38. The second-order valence-electron chi connectivity index (χ2n) is 4.39. The first kappa shape index (κ1) is 14.3. The van der Waals surface area contributed by atoms with Crippen molar-refractivity contribution in [2.24, 2.45) is 5.73 Å². The molecule has 2 aromatic rings. The van der Waals surface area contributed by atoms with Crippen LogP contribution in [0.4, 0.5) is 4.39 Å². The SMILES string of the molecule is NCC(Cc1c(Cl)cccc1Cl)c1cccc(F)c1. The summed E-state index contributed by atoms with van der Waals surface area (Å²) < 4.78 is 13.3. The average Bonchev–Trinajstić information content (AvgIpc) is 2.38. The van der Waals surface area contributed by atoms with Gasteiger partial charge in [0.1, 0.15) is 5.82 Å². The molecule has 1 atom stereocenters. The summed E-state index contributed by atoms with van der Waals surface area (Å²) in [5, 5.41) is 1.23. The third-order valence-corrected chi connectivity index (χ3v) is 3.83. The van der Waals surface area contributed by atoms with Crippen molar-refractivity contribution in [1.82, 2.24) is 0 Å². The van der Waals surface area contributed by atoms with Crippen LogP contribution in [0, 0.1) is 5.82 Å². The van der Waals surface area contributed by atoms with Gasteiger partial charge in [0.15, 0.2) is 0 Å². The first-order valence-electron chi connectivity index (χ1n) is 6.00. The van der Waals surface area contributed by atoms with Gasteiger partial charge in [-0.1, -0.05) is 41.4 Å². The fourth-order valence-electron chi connectivity index (χ4n) is 2.07. The predicted octanol–water partition coefficient (Wildman–Crippen LogP) is 4.42. The number of hydrogen-bond acceptors (Lipinski definition) is 1. The lowest BCUT2D eigenvalue weighted by atomic mass is 9.92. The Morgan fingerprint density at radius 2 is 1.68 bits per heavy atom. The number of halogens is 3. The molecule has 0 saturated heterocycles. The van der Waals surface area contributed by atoms with Gasteiger partial charge in [-0.05, 0) is 48.4 Å². The van der Waals surface area contributed by atoms with E-state index in [2.05, 4.69) is 0 Å². The Balaban J connectivity index is 2.29. The molecule has 0 aliphatic carbocycles. The van der Waals surface area contributed by atoms with Crippen LogP contribution in [0.15, 0.2) is 42.5 Å². The zero-order valence-electron chi connectivity index (χ0n) is 10.2. The van der Waals surface area contributed by atoms with Crippen molar-refractivity contribution in [1.29, 1.82) is 0 Å². The molecule has 2 aromatic carbocycles. The first-order chi connectivity index (χ1) is 9.11. The van der Waals surface area contributed by atoms with Crippen LogP contribution >= 0.6 is 23.2 Å². The van der Waals surface area contributed by atoms with Crippen molar-refractivity contribution in [2.45, 2.75) is 12.3 Å². The molecular formula is C15H14Cl2FN. The summed E-state index contributed by atoms with van der Waals surface area (Å²) in [6.45, 7) is 0.408. The molecule has 19 heavy (non-hydrogen) atoms. The summed E-state index contributed by atoms with van der Waals surface area (Å²) in [6.07, 6.45) is 0.596. The fourth-order valence-corrected chi connectivity index (χ4v) is 2.62. The average molecular weight is 298 g/mol. The Morgan fingerprint density at radius 1 is 1.05 bits per heavy atom. The maximum atomic E-state index is 13.3. The molecule has 1 nitrogen and oxygen atoms in total. The van der Waals surface area contributed by atoms with Crippen molar-refractivity contribution in [3.63, 3.8) is 0 Å². The summed E-state index contributed by atoms with van der Waals surface area (Å²) in [5.74, 6) is -0.269. The zero-order valence-corrected chi connectivity index (χ0v) is 11.8.